The number of methoxy groups -OCH3 is 2. The van der Waals surface area contributed by atoms with Gasteiger partial charge in [-0.1, -0.05) is 182 Å². The van der Waals surface area contributed by atoms with Gasteiger partial charge in [0.05, 0.1) is 51.8 Å². The standard InChI is InChI=1S/C56H62O10S/c1-57-55-53(63-37-45-29-17-7-18-30-45)51(61-35-43-25-13-5-14-26-43)49(59-33-41-21-9-3-10-22-41)47(65-55)39-67-40-48-50(60-34-42-23-11-4-12-24-42)52(62-36-44-27-15-6-16-28-44)54(56(58-2)66-48)64-38-46-31-19-8-20-32-46/h3-32,47-56H,33-40H2,1-2H3/t47-,48-,49-,50+,51+,52+,53-,54-,55+,56+/m1/s1. The van der Waals surface area contributed by atoms with E-state index in [1.165, 1.54) is 0 Å². The minimum Gasteiger partial charge on any atom is -0.368 e. The van der Waals surface area contributed by atoms with Gasteiger partial charge in [-0.3, -0.25) is 0 Å². The number of thioether (sulfide) groups is 1. The third kappa shape index (κ3) is 14.2. The van der Waals surface area contributed by atoms with E-state index in [9.17, 15) is 0 Å². The summed E-state index contributed by atoms with van der Waals surface area (Å²) in [5.74, 6) is 1.03. The number of ether oxygens (including phenoxy) is 10. The van der Waals surface area contributed by atoms with Crippen molar-refractivity contribution in [3.05, 3.63) is 215 Å². The van der Waals surface area contributed by atoms with Crippen molar-refractivity contribution in [2.45, 2.75) is 101 Å². The molecule has 67 heavy (non-hydrogen) atoms. The number of hydrogen-bond donors (Lipinski definition) is 0. The minimum atomic E-state index is -0.740. The Kier molecular flexibility index (Phi) is 19.0. The lowest BCUT2D eigenvalue weighted by Gasteiger charge is -2.46. The van der Waals surface area contributed by atoms with Crippen LogP contribution in [0.5, 0.6) is 0 Å². The van der Waals surface area contributed by atoms with E-state index >= 15 is 0 Å². The molecule has 2 aliphatic rings. The maximum Gasteiger partial charge on any atom is 0.186 e. The van der Waals surface area contributed by atoms with E-state index in [0.717, 1.165) is 33.4 Å². The van der Waals surface area contributed by atoms with Gasteiger partial charge in [-0.05, 0) is 33.4 Å². The Balaban J connectivity index is 1.06. The molecule has 2 heterocycles. The summed E-state index contributed by atoms with van der Waals surface area (Å²) in [5, 5.41) is 0. The number of rotatable bonds is 24. The lowest BCUT2D eigenvalue weighted by atomic mass is 9.98. The molecule has 10 atom stereocenters. The molecule has 2 aliphatic heterocycles. The average molecular weight is 927 g/mol. The first kappa shape index (κ1) is 48.7. The second-order valence-electron chi connectivity index (χ2n) is 16.7. The van der Waals surface area contributed by atoms with Crippen molar-refractivity contribution < 1.29 is 47.4 Å². The zero-order valence-electron chi connectivity index (χ0n) is 38.2. The molecule has 352 valence electrons. The minimum absolute atomic E-state index is 0.346. The fourth-order valence-corrected chi connectivity index (χ4v) is 9.58. The molecule has 2 saturated heterocycles. The van der Waals surface area contributed by atoms with Gasteiger partial charge in [-0.2, -0.15) is 11.8 Å². The summed E-state index contributed by atoms with van der Waals surface area (Å²) in [7, 11) is 3.29. The van der Waals surface area contributed by atoms with E-state index in [2.05, 4.69) is 48.5 Å². The normalized spacial score (nSPS) is 25.2. The molecule has 0 amide bonds. The van der Waals surface area contributed by atoms with Crippen LogP contribution in [0.1, 0.15) is 33.4 Å². The zero-order valence-corrected chi connectivity index (χ0v) is 39.1. The van der Waals surface area contributed by atoms with E-state index < -0.39 is 61.4 Å². The Morgan fingerprint density at radius 2 is 0.537 bits per heavy atom. The Labute approximate surface area is 399 Å². The van der Waals surface area contributed by atoms with E-state index in [-0.39, 0.29) is 0 Å². The summed E-state index contributed by atoms with van der Waals surface area (Å²) in [4.78, 5) is 0. The van der Waals surface area contributed by atoms with Crippen LogP contribution in [-0.2, 0) is 87.0 Å². The molecule has 10 nitrogen and oxygen atoms in total. The van der Waals surface area contributed by atoms with E-state index in [4.69, 9.17) is 47.4 Å². The first-order valence-corrected chi connectivity index (χ1v) is 24.2. The summed E-state index contributed by atoms with van der Waals surface area (Å²) in [6.07, 6.45) is -5.80. The first-order valence-electron chi connectivity index (χ1n) is 23.0. The van der Waals surface area contributed by atoms with Crippen LogP contribution in [0.15, 0.2) is 182 Å². The van der Waals surface area contributed by atoms with Crippen LogP contribution in [0.3, 0.4) is 0 Å². The smallest absolute Gasteiger partial charge is 0.186 e. The van der Waals surface area contributed by atoms with Crippen LogP contribution in [0.25, 0.3) is 0 Å². The van der Waals surface area contributed by atoms with Gasteiger partial charge in [0.2, 0.25) is 0 Å². The van der Waals surface area contributed by atoms with Gasteiger partial charge >= 0.3 is 0 Å². The first-order chi connectivity index (χ1) is 33.1. The lowest BCUT2D eigenvalue weighted by Crippen LogP contribution is -2.62. The summed E-state index contributed by atoms with van der Waals surface area (Å²) < 4.78 is 66.9. The molecule has 6 aromatic rings. The molecule has 0 N–H and O–H groups in total. The third-order valence-corrected chi connectivity index (χ3v) is 13.1. The molecule has 0 unspecified atom stereocenters. The molecule has 0 spiro atoms. The highest BCUT2D eigenvalue weighted by molar-refractivity contribution is 7.99. The van der Waals surface area contributed by atoms with E-state index in [1.807, 2.05) is 133 Å². The fourth-order valence-electron chi connectivity index (χ4n) is 8.44. The Morgan fingerprint density at radius 1 is 0.313 bits per heavy atom. The Hall–Kier alpha value is -4.73. The highest BCUT2D eigenvalue weighted by atomic mass is 32.2. The average Bonchev–Trinajstić information content (AvgIpc) is 3.39. The van der Waals surface area contributed by atoms with Crippen LogP contribution in [0, 0.1) is 0 Å². The van der Waals surface area contributed by atoms with Crippen molar-refractivity contribution in [3.63, 3.8) is 0 Å². The maximum absolute atomic E-state index is 6.90. The van der Waals surface area contributed by atoms with Gasteiger partial charge < -0.3 is 47.4 Å². The topological polar surface area (TPSA) is 92.3 Å². The quantitative estimate of drug-likeness (QED) is 0.0581. The second-order valence-corrected chi connectivity index (χ2v) is 17.7. The van der Waals surface area contributed by atoms with Crippen LogP contribution in [0.2, 0.25) is 0 Å². The van der Waals surface area contributed by atoms with Gasteiger partial charge in [-0.15, -0.1) is 0 Å². The van der Waals surface area contributed by atoms with Crippen molar-refractivity contribution in [3.8, 4) is 0 Å². The second kappa shape index (κ2) is 26.1. The number of benzene rings is 6. The summed E-state index contributed by atoms with van der Waals surface area (Å²) in [6, 6.07) is 60.8. The molecule has 0 saturated carbocycles. The highest BCUT2D eigenvalue weighted by Crippen LogP contribution is 2.36. The fraction of sp³-hybridized carbons (Fsp3) is 0.357. The maximum atomic E-state index is 6.90. The monoisotopic (exact) mass is 926 g/mol. The van der Waals surface area contributed by atoms with Gasteiger partial charge in [0.1, 0.15) is 36.6 Å². The van der Waals surface area contributed by atoms with E-state index in [0.29, 0.717) is 51.1 Å². The van der Waals surface area contributed by atoms with Crippen molar-refractivity contribution in [1.29, 1.82) is 0 Å². The van der Waals surface area contributed by atoms with Gasteiger partial charge in [-0.25, -0.2) is 0 Å². The lowest BCUT2D eigenvalue weighted by molar-refractivity contribution is -0.314. The summed E-state index contributed by atoms with van der Waals surface area (Å²) in [5.41, 5.74) is 6.21. The van der Waals surface area contributed by atoms with Crippen molar-refractivity contribution in [1.82, 2.24) is 0 Å². The molecule has 0 radical (unpaired) electrons. The van der Waals surface area contributed by atoms with Crippen molar-refractivity contribution >= 4 is 11.8 Å². The zero-order chi connectivity index (χ0) is 45.9. The SMILES string of the molecule is CO[C@H]1O[C@H](CSC[C@H]2O[C@H](OC)[C@H](OCc3ccccc3)[C@@H](OCc3ccccc3)[C@H]2OCc2ccccc2)[C@@H](OCc2ccccc2)[C@H](OCc2ccccc2)[C@H]1OCc1ccccc1. The van der Waals surface area contributed by atoms with Crippen LogP contribution in [0.4, 0.5) is 0 Å². The molecule has 0 aliphatic carbocycles. The van der Waals surface area contributed by atoms with Crippen molar-refractivity contribution in [2.75, 3.05) is 25.7 Å². The molecule has 8 rings (SSSR count). The van der Waals surface area contributed by atoms with Crippen molar-refractivity contribution in [2.24, 2.45) is 0 Å². The van der Waals surface area contributed by atoms with Crippen LogP contribution < -0.4 is 0 Å². The van der Waals surface area contributed by atoms with Gasteiger partial charge in [0, 0.05) is 25.7 Å². The summed E-state index contributed by atoms with van der Waals surface area (Å²) >= 11 is 1.68. The predicted octanol–water partition coefficient (Wildman–Crippen LogP) is 9.97. The molecular weight excluding hydrogens is 865 g/mol. The molecular formula is C56H62O10S. The Bertz CT molecular complexity index is 2090. The molecule has 0 bridgehead atoms. The summed E-state index contributed by atoms with van der Waals surface area (Å²) in [6.45, 7) is 2.10. The largest absolute Gasteiger partial charge is 0.368 e. The van der Waals surface area contributed by atoms with Crippen LogP contribution in [-0.4, -0.2) is 87.1 Å². The molecule has 6 aromatic carbocycles. The van der Waals surface area contributed by atoms with Gasteiger partial charge in [0.15, 0.2) is 12.6 Å². The van der Waals surface area contributed by atoms with Crippen LogP contribution >= 0.6 is 11.8 Å². The molecule has 0 aromatic heterocycles. The van der Waals surface area contributed by atoms with E-state index in [1.54, 1.807) is 26.0 Å². The Morgan fingerprint density at radius 3 is 0.776 bits per heavy atom. The number of hydrogen-bond acceptors (Lipinski definition) is 11. The van der Waals surface area contributed by atoms with Gasteiger partial charge in [0.25, 0.3) is 0 Å². The third-order valence-electron chi connectivity index (χ3n) is 11.9. The molecule has 11 heteroatoms. The highest BCUT2D eigenvalue weighted by Gasteiger charge is 2.51. The predicted molar refractivity (Wildman–Crippen MR) is 259 cm³/mol. The molecule has 2 fully saturated rings.